The quantitative estimate of drug-likeness (QED) is 0.172. The first-order valence-corrected chi connectivity index (χ1v) is 24.7. The Morgan fingerprint density at radius 2 is 0.958 bits per heavy atom. The number of rotatable bonds is 6. The summed E-state index contributed by atoms with van der Waals surface area (Å²) < 4.78 is 64.6. The molecule has 4 aliphatic carbocycles. The molecule has 11 heteroatoms. The average Bonchev–Trinajstić information content (AvgIpc) is 3.60. The van der Waals surface area contributed by atoms with Gasteiger partial charge in [0, 0.05) is 22.9 Å². The third-order valence-corrected chi connectivity index (χ3v) is 16.2. The van der Waals surface area contributed by atoms with Crippen LogP contribution in [0.5, 0.6) is 57.5 Å². The fourth-order valence-electron chi connectivity index (χ4n) is 13.0. The number of hydrogen-bond donors (Lipinski definition) is 1. The molecule has 0 saturated carbocycles. The van der Waals surface area contributed by atoms with Crippen LogP contribution in [0, 0.1) is 0 Å². The van der Waals surface area contributed by atoms with Crippen molar-refractivity contribution in [3.8, 4) is 57.5 Å². The lowest BCUT2D eigenvalue weighted by Crippen LogP contribution is -2.47. The summed E-state index contributed by atoms with van der Waals surface area (Å²) in [4.78, 5) is 0. The van der Waals surface area contributed by atoms with Gasteiger partial charge in [-0.05, 0) is 171 Å². The molecule has 7 aromatic rings. The van der Waals surface area contributed by atoms with Crippen LogP contribution in [-0.4, -0.2) is 61.0 Å². The minimum absolute atomic E-state index is 0.267. The first-order valence-electron chi connectivity index (χ1n) is 24.7. The molecule has 0 radical (unpaired) electrons. The van der Waals surface area contributed by atoms with Gasteiger partial charge in [0.05, 0.1) is 26.9 Å². The molecule has 8 aliphatic heterocycles. The van der Waals surface area contributed by atoms with E-state index in [1.807, 2.05) is 24.3 Å². The second-order valence-corrected chi connectivity index (χ2v) is 19.9. The van der Waals surface area contributed by atoms with Crippen LogP contribution in [0.4, 0.5) is 5.69 Å². The monoisotopic (exact) mass is 947 g/mol. The number of ether oxygens (including phenoxy) is 10. The minimum atomic E-state index is -0.603. The van der Waals surface area contributed by atoms with E-state index in [-0.39, 0.29) is 24.0 Å². The summed E-state index contributed by atoms with van der Waals surface area (Å²) in [5, 5.41) is 4.07. The Kier molecular flexibility index (Phi) is 9.48. The highest BCUT2D eigenvalue weighted by molar-refractivity contribution is 5.74. The zero-order chi connectivity index (χ0) is 47.5. The number of hydrogen-bond acceptors (Lipinski definition) is 11. The zero-order valence-electron chi connectivity index (χ0n) is 40.0. The van der Waals surface area contributed by atoms with Gasteiger partial charge in [0.25, 0.3) is 0 Å². The van der Waals surface area contributed by atoms with Gasteiger partial charge < -0.3 is 52.7 Å². The second kappa shape index (κ2) is 15.9. The van der Waals surface area contributed by atoms with Crippen molar-refractivity contribution >= 4 is 5.69 Å². The molecule has 358 valence electrons. The molecule has 0 amide bonds. The standard InChI is InChI=1S/C60H53NO10/c1-62-50-21-38-30-59-34-58-31-39-22-53(51(63-2)25-43(39)58)67-15-13-65-41-11-12-49-37(20-41)19-36-9-10-42(66-14-16-68-56-29-48(59)47(58)28-52(56)64-3)24-45(36)60(61-49)32-40-23-54(71-33-35-7-5-4-6-8-35)57(27-46(40)60)70-18-17-69-55(50)26-44(38)59/h4-12,20-29,61H,13-19,30-34H2,1-3H3/t58-,59?,60?/m1/s1. The molecule has 2 unspecified atom stereocenters. The lowest BCUT2D eigenvalue weighted by Gasteiger charge is -2.47. The van der Waals surface area contributed by atoms with Gasteiger partial charge in [0.15, 0.2) is 46.0 Å². The summed E-state index contributed by atoms with van der Waals surface area (Å²) >= 11 is 0. The molecular weight excluding hydrogens is 895 g/mol. The zero-order valence-corrected chi connectivity index (χ0v) is 40.0. The van der Waals surface area contributed by atoms with Crippen molar-refractivity contribution in [3.05, 3.63) is 182 Å². The van der Waals surface area contributed by atoms with E-state index in [2.05, 4.69) is 96.3 Å². The molecule has 0 aromatic heterocycles. The van der Waals surface area contributed by atoms with E-state index < -0.39 is 5.54 Å². The highest BCUT2D eigenvalue weighted by Crippen LogP contribution is 2.68. The third kappa shape index (κ3) is 6.40. The Balaban J connectivity index is 0.938. The largest absolute Gasteiger partial charge is 0.493 e. The third-order valence-electron chi connectivity index (χ3n) is 16.2. The minimum Gasteiger partial charge on any atom is -0.493 e. The van der Waals surface area contributed by atoms with Crippen LogP contribution in [0.3, 0.4) is 0 Å². The molecule has 19 rings (SSSR count). The van der Waals surface area contributed by atoms with Crippen molar-refractivity contribution in [3.63, 3.8) is 0 Å². The first-order chi connectivity index (χ1) is 34.9. The van der Waals surface area contributed by atoms with Gasteiger partial charge in [-0.3, -0.25) is 0 Å². The molecule has 11 nitrogen and oxygen atoms in total. The summed E-state index contributed by atoms with van der Waals surface area (Å²) in [5.74, 6) is 7.04. The van der Waals surface area contributed by atoms with E-state index in [0.29, 0.717) is 91.9 Å². The summed E-state index contributed by atoms with van der Waals surface area (Å²) in [6.45, 7) is 2.29. The highest BCUT2D eigenvalue weighted by atomic mass is 16.6. The molecule has 71 heavy (non-hydrogen) atoms. The molecular formula is C60H53NO10. The summed E-state index contributed by atoms with van der Waals surface area (Å²) in [7, 11) is 5.13. The van der Waals surface area contributed by atoms with Gasteiger partial charge in [-0.25, -0.2) is 0 Å². The molecule has 16 bridgehead atoms. The van der Waals surface area contributed by atoms with Crippen LogP contribution in [0.2, 0.25) is 0 Å². The predicted molar refractivity (Wildman–Crippen MR) is 267 cm³/mol. The molecule has 0 saturated heterocycles. The molecule has 8 heterocycles. The fraction of sp³-hybridized carbons (Fsp3) is 0.300. The lowest BCUT2D eigenvalue weighted by molar-refractivity contribution is 0.199. The Morgan fingerprint density at radius 1 is 0.437 bits per heavy atom. The van der Waals surface area contributed by atoms with E-state index in [1.165, 1.54) is 44.5 Å². The Morgan fingerprint density at radius 3 is 1.68 bits per heavy atom. The molecule has 1 N–H and O–H groups in total. The normalized spacial score (nSPS) is 22.1. The van der Waals surface area contributed by atoms with Gasteiger partial charge in [-0.2, -0.15) is 0 Å². The van der Waals surface area contributed by atoms with Crippen LogP contribution in [0.15, 0.2) is 115 Å². The van der Waals surface area contributed by atoms with E-state index in [9.17, 15) is 0 Å². The maximum atomic E-state index is 6.78. The van der Waals surface area contributed by atoms with Gasteiger partial charge in [-0.1, -0.05) is 36.4 Å². The fourth-order valence-corrected chi connectivity index (χ4v) is 13.0. The van der Waals surface area contributed by atoms with E-state index in [4.69, 9.17) is 47.4 Å². The van der Waals surface area contributed by atoms with E-state index in [0.717, 1.165) is 58.7 Å². The maximum absolute atomic E-state index is 6.78. The summed E-state index contributed by atoms with van der Waals surface area (Å²) in [5.41, 5.74) is 14.0. The second-order valence-electron chi connectivity index (χ2n) is 19.9. The predicted octanol–water partition coefficient (Wildman–Crippen LogP) is 10.2. The van der Waals surface area contributed by atoms with Gasteiger partial charge in [-0.15, -0.1) is 0 Å². The number of anilines is 1. The van der Waals surface area contributed by atoms with Crippen molar-refractivity contribution < 1.29 is 47.4 Å². The highest BCUT2D eigenvalue weighted by Gasteiger charge is 2.62. The van der Waals surface area contributed by atoms with Gasteiger partial charge in [0.1, 0.15) is 57.7 Å². The van der Waals surface area contributed by atoms with Crippen LogP contribution >= 0.6 is 0 Å². The molecule has 12 aliphatic rings. The van der Waals surface area contributed by atoms with Gasteiger partial charge in [0.2, 0.25) is 0 Å². The van der Waals surface area contributed by atoms with Crippen molar-refractivity contribution in [2.24, 2.45) is 0 Å². The van der Waals surface area contributed by atoms with Crippen molar-refractivity contribution in [1.29, 1.82) is 0 Å². The van der Waals surface area contributed by atoms with Gasteiger partial charge >= 0.3 is 0 Å². The lowest BCUT2D eigenvalue weighted by atomic mass is 9.55. The van der Waals surface area contributed by atoms with Crippen LogP contribution < -0.4 is 52.7 Å². The number of nitrogens with one attached hydrogen (secondary N) is 1. The Hall–Kier alpha value is -7.66. The number of benzene rings is 7. The van der Waals surface area contributed by atoms with E-state index in [1.54, 1.807) is 21.3 Å². The topological polar surface area (TPSA) is 104 Å². The first kappa shape index (κ1) is 42.2. The summed E-state index contributed by atoms with van der Waals surface area (Å²) in [6.07, 6.45) is 3.93. The average molecular weight is 948 g/mol. The van der Waals surface area contributed by atoms with Crippen molar-refractivity contribution in [1.82, 2.24) is 0 Å². The van der Waals surface area contributed by atoms with Crippen LogP contribution in [0.25, 0.3) is 0 Å². The van der Waals surface area contributed by atoms with E-state index >= 15 is 0 Å². The smallest absolute Gasteiger partial charge is 0.161 e. The SMILES string of the molecule is COc1cc2c3cc1OCCOc1ccc4c(c1)Cc1ccc5cc1C1(Cc6cc(OCc7ccccc7)c(cc61)OCCOc1cc6c(cc1OC)CC61C[C@@]2(C3)c2cc(OC)c(cc21)OCCO5)N4. The molecule has 3 spiro atoms. The van der Waals surface area contributed by atoms with Crippen molar-refractivity contribution in [2.75, 3.05) is 66.3 Å². The van der Waals surface area contributed by atoms with Crippen LogP contribution in [-0.2, 0) is 48.7 Å². The van der Waals surface area contributed by atoms with Crippen LogP contribution in [0.1, 0.15) is 73.2 Å². The number of fused-ring (bicyclic) bond motifs is 2. The Labute approximate surface area is 412 Å². The maximum Gasteiger partial charge on any atom is 0.161 e. The number of methoxy groups -OCH3 is 3. The summed E-state index contributed by atoms with van der Waals surface area (Å²) in [6, 6.07) is 40.5. The molecule has 7 aromatic carbocycles. The molecule has 3 atom stereocenters. The molecule has 0 fully saturated rings. The Bertz CT molecular complexity index is 3330. The van der Waals surface area contributed by atoms with Crippen molar-refractivity contribution in [2.45, 2.75) is 55.1 Å².